The van der Waals surface area contributed by atoms with Gasteiger partial charge in [-0.1, -0.05) is 11.8 Å². The Morgan fingerprint density at radius 3 is 2.43 bits per heavy atom. The van der Waals surface area contributed by atoms with E-state index < -0.39 is 29.0 Å². The van der Waals surface area contributed by atoms with Crippen molar-refractivity contribution in [2.24, 2.45) is 11.7 Å². The second-order valence-electron chi connectivity index (χ2n) is 8.19. The summed E-state index contributed by atoms with van der Waals surface area (Å²) in [6, 6.07) is 5.27. The van der Waals surface area contributed by atoms with Crippen molar-refractivity contribution in [2.45, 2.75) is 50.3 Å². The number of nitrogens with two attached hydrogens (primary N) is 1. The summed E-state index contributed by atoms with van der Waals surface area (Å²) >= 11 is 0. The summed E-state index contributed by atoms with van der Waals surface area (Å²) in [6.07, 6.45) is 1.42. The Labute approximate surface area is 175 Å². The van der Waals surface area contributed by atoms with Gasteiger partial charge in [-0.15, -0.1) is 0 Å². The maximum Gasteiger partial charge on any atom is 0.267 e. The van der Waals surface area contributed by atoms with E-state index in [4.69, 9.17) is 16.0 Å². The Bertz CT molecular complexity index is 891. The Morgan fingerprint density at radius 1 is 1.27 bits per heavy atom. The van der Waals surface area contributed by atoms with Gasteiger partial charge in [-0.05, 0) is 68.7 Å². The standard InChI is InChI=1S/C22H27N3O5/c1-21(2,23)18(20(28)25-30)24-19(27)17-9-7-15(8-10-17)6-4-3-5-11-22(29)12-16(13-22)14-26/h7-10,16,18,26,29-30H,11-14,23H2,1-2H3,(H,24,27)(H,25,28)/t16?,18-,22?/m1/s1. The summed E-state index contributed by atoms with van der Waals surface area (Å²) < 4.78 is 0. The van der Waals surface area contributed by atoms with Crippen molar-refractivity contribution in [1.29, 1.82) is 0 Å². The summed E-state index contributed by atoms with van der Waals surface area (Å²) in [7, 11) is 0. The molecule has 0 radical (unpaired) electrons. The van der Waals surface area contributed by atoms with E-state index in [2.05, 4.69) is 29.0 Å². The molecule has 8 nitrogen and oxygen atoms in total. The number of aliphatic hydroxyl groups is 2. The largest absolute Gasteiger partial charge is 0.396 e. The second-order valence-corrected chi connectivity index (χ2v) is 8.19. The average Bonchev–Trinajstić information content (AvgIpc) is 2.68. The fourth-order valence-electron chi connectivity index (χ4n) is 3.22. The number of amides is 2. The van der Waals surface area contributed by atoms with E-state index in [0.717, 1.165) is 0 Å². The Balaban J connectivity index is 1.94. The van der Waals surface area contributed by atoms with E-state index in [-0.39, 0.29) is 12.5 Å². The SMILES string of the molecule is CC(C)(N)[C@H](NC(=O)c1ccc(C#CC#CCC2(O)CC(CO)C2)cc1)C(=O)NO. The van der Waals surface area contributed by atoms with Gasteiger partial charge >= 0.3 is 0 Å². The van der Waals surface area contributed by atoms with Crippen molar-refractivity contribution in [3.8, 4) is 23.7 Å². The Kier molecular flexibility index (Phi) is 7.60. The van der Waals surface area contributed by atoms with Crippen LogP contribution in [0.4, 0.5) is 0 Å². The van der Waals surface area contributed by atoms with Crippen LogP contribution < -0.4 is 16.5 Å². The van der Waals surface area contributed by atoms with Gasteiger partial charge < -0.3 is 21.3 Å². The van der Waals surface area contributed by atoms with Crippen LogP contribution in [-0.2, 0) is 4.79 Å². The van der Waals surface area contributed by atoms with Gasteiger partial charge in [0.25, 0.3) is 11.8 Å². The zero-order valence-electron chi connectivity index (χ0n) is 17.0. The molecule has 1 saturated carbocycles. The minimum absolute atomic E-state index is 0.0861. The molecule has 30 heavy (non-hydrogen) atoms. The molecule has 160 valence electrons. The van der Waals surface area contributed by atoms with Crippen LogP contribution >= 0.6 is 0 Å². The minimum atomic E-state index is -1.12. The Morgan fingerprint density at radius 2 is 1.90 bits per heavy atom. The smallest absolute Gasteiger partial charge is 0.267 e. The summed E-state index contributed by atoms with van der Waals surface area (Å²) in [6.45, 7) is 3.20. The number of hydroxylamine groups is 1. The highest BCUT2D eigenvalue weighted by atomic mass is 16.5. The topological polar surface area (TPSA) is 145 Å². The molecular weight excluding hydrogens is 386 g/mol. The lowest BCUT2D eigenvalue weighted by Crippen LogP contribution is -2.61. The number of benzene rings is 1. The lowest BCUT2D eigenvalue weighted by atomic mass is 9.70. The molecule has 2 amide bonds. The molecule has 7 N–H and O–H groups in total. The van der Waals surface area contributed by atoms with Gasteiger partial charge in [-0.2, -0.15) is 0 Å². The van der Waals surface area contributed by atoms with Crippen molar-refractivity contribution in [2.75, 3.05) is 6.61 Å². The van der Waals surface area contributed by atoms with Crippen molar-refractivity contribution >= 4 is 11.8 Å². The number of rotatable bonds is 6. The van der Waals surface area contributed by atoms with Gasteiger partial charge in [0.2, 0.25) is 0 Å². The molecule has 0 aliphatic heterocycles. The molecule has 0 spiro atoms. The monoisotopic (exact) mass is 413 g/mol. The van der Waals surface area contributed by atoms with Crippen LogP contribution in [-0.4, -0.2) is 51.0 Å². The molecule has 1 aromatic carbocycles. The second kappa shape index (κ2) is 9.75. The van der Waals surface area contributed by atoms with Crippen LogP contribution in [0.5, 0.6) is 0 Å². The molecule has 0 unspecified atom stereocenters. The first-order valence-electron chi connectivity index (χ1n) is 9.54. The number of aliphatic hydroxyl groups excluding tert-OH is 1. The molecule has 1 aromatic rings. The van der Waals surface area contributed by atoms with Crippen molar-refractivity contribution in [3.05, 3.63) is 35.4 Å². The third-order valence-corrected chi connectivity index (χ3v) is 4.91. The molecule has 1 aliphatic carbocycles. The number of nitrogens with one attached hydrogen (secondary N) is 2. The maximum atomic E-state index is 12.4. The predicted molar refractivity (Wildman–Crippen MR) is 110 cm³/mol. The lowest BCUT2D eigenvalue weighted by molar-refractivity contribution is -0.132. The molecule has 2 rings (SSSR count). The van der Waals surface area contributed by atoms with Gasteiger partial charge in [0.15, 0.2) is 0 Å². The van der Waals surface area contributed by atoms with E-state index in [1.807, 2.05) is 0 Å². The fourth-order valence-corrected chi connectivity index (χ4v) is 3.22. The lowest BCUT2D eigenvalue weighted by Gasteiger charge is -2.41. The van der Waals surface area contributed by atoms with Gasteiger partial charge in [0.1, 0.15) is 6.04 Å². The molecule has 0 bridgehead atoms. The number of carbonyl (C=O) groups excluding carboxylic acids is 2. The van der Waals surface area contributed by atoms with E-state index >= 15 is 0 Å². The number of hydrogen-bond acceptors (Lipinski definition) is 6. The zero-order valence-corrected chi connectivity index (χ0v) is 17.0. The summed E-state index contributed by atoms with van der Waals surface area (Å²) in [5, 5.41) is 30.5. The molecular formula is C22H27N3O5. The van der Waals surface area contributed by atoms with Gasteiger partial charge in [0.05, 0.1) is 5.60 Å². The van der Waals surface area contributed by atoms with Crippen molar-refractivity contribution in [3.63, 3.8) is 0 Å². The van der Waals surface area contributed by atoms with Crippen LogP contribution in [0.3, 0.4) is 0 Å². The van der Waals surface area contributed by atoms with Crippen LogP contribution in [0.25, 0.3) is 0 Å². The van der Waals surface area contributed by atoms with Crippen molar-refractivity contribution < 1.29 is 25.0 Å². The summed E-state index contributed by atoms with van der Waals surface area (Å²) in [4.78, 5) is 24.1. The third-order valence-electron chi connectivity index (χ3n) is 4.91. The molecule has 0 heterocycles. The molecule has 0 aromatic heterocycles. The minimum Gasteiger partial charge on any atom is -0.396 e. The molecule has 1 aliphatic rings. The third kappa shape index (κ3) is 6.31. The van der Waals surface area contributed by atoms with Gasteiger partial charge in [0, 0.05) is 29.7 Å². The zero-order chi connectivity index (χ0) is 22.4. The first-order valence-corrected chi connectivity index (χ1v) is 9.54. The highest BCUT2D eigenvalue weighted by molar-refractivity contribution is 5.97. The molecule has 1 fully saturated rings. The van der Waals surface area contributed by atoms with Crippen LogP contribution in [0.2, 0.25) is 0 Å². The predicted octanol–water partition coefficient (Wildman–Crippen LogP) is -0.0939. The van der Waals surface area contributed by atoms with Crippen LogP contribution in [0.15, 0.2) is 24.3 Å². The Hall–Kier alpha value is -2.88. The molecule has 0 saturated heterocycles. The van der Waals surface area contributed by atoms with Crippen LogP contribution in [0, 0.1) is 29.6 Å². The van der Waals surface area contributed by atoms with E-state index in [1.165, 1.54) is 5.48 Å². The fraction of sp³-hybridized carbons (Fsp3) is 0.455. The summed E-state index contributed by atoms with van der Waals surface area (Å²) in [5.41, 5.74) is 6.44. The maximum absolute atomic E-state index is 12.4. The van der Waals surface area contributed by atoms with Gasteiger partial charge in [-0.25, -0.2) is 5.48 Å². The highest BCUT2D eigenvalue weighted by Gasteiger charge is 2.41. The van der Waals surface area contributed by atoms with Crippen molar-refractivity contribution in [1.82, 2.24) is 10.8 Å². The molecule has 1 atom stereocenters. The van der Waals surface area contributed by atoms with E-state index in [1.54, 1.807) is 38.1 Å². The van der Waals surface area contributed by atoms with E-state index in [0.29, 0.717) is 30.4 Å². The quantitative estimate of drug-likeness (QED) is 0.218. The summed E-state index contributed by atoms with van der Waals surface area (Å²) in [5.74, 6) is 9.91. The first kappa shape index (κ1) is 23.4. The number of carbonyl (C=O) groups is 2. The average molecular weight is 413 g/mol. The van der Waals surface area contributed by atoms with E-state index in [9.17, 15) is 14.7 Å². The van der Waals surface area contributed by atoms with Gasteiger partial charge in [-0.3, -0.25) is 14.8 Å². The van der Waals surface area contributed by atoms with Crippen LogP contribution in [0.1, 0.15) is 49.0 Å². The normalized spacial score (nSPS) is 21.1. The highest BCUT2D eigenvalue weighted by Crippen LogP contribution is 2.39. The first-order chi connectivity index (χ1) is 14.1. The molecule has 8 heteroatoms. The number of hydrogen-bond donors (Lipinski definition) is 6.